The van der Waals surface area contributed by atoms with Crippen LogP contribution in [0.3, 0.4) is 0 Å². The van der Waals surface area contributed by atoms with Crippen molar-refractivity contribution in [2.75, 3.05) is 0 Å². The van der Waals surface area contributed by atoms with Crippen LogP contribution in [0.15, 0.2) is 66.5 Å². The average molecular weight is 383 g/mol. The van der Waals surface area contributed by atoms with Crippen LogP contribution >= 0.6 is 0 Å². The quantitative estimate of drug-likeness (QED) is 0.667. The van der Waals surface area contributed by atoms with Gasteiger partial charge in [-0.1, -0.05) is 54.1 Å². The van der Waals surface area contributed by atoms with Crippen LogP contribution in [-0.2, 0) is 15.7 Å². The van der Waals surface area contributed by atoms with E-state index in [0.717, 1.165) is 28.5 Å². The lowest BCUT2D eigenvalue weighted by molar-refractivity contribution is -0.137. The minimum Gasteiger partial charge on any atom is -0.462 e. The fraction of sp³-hybridized carbons (Fsp3) is 0.136. The highest BCUT2D eigenvalue weighted by atomic mass is 19.4. The lowest BCUT2D eigenvalue weighted by Gasteiger charge is -2.14. The van der Waals surface area contributed by atoms with Crippen molar-refractivity contribution in [3.8, 4) is 0 Å². The summed E-state index contributed by atoms with van der Waals surface area (Å²) in [6, 6.07) is 15.9. The molecule has 0 bridgehead atoms. The third-order valence-electron chi connectivity index (χ3n) is 4.77. The molecule has 3 aromatic rings. The summed E-state index contributed by atoms with van der Waals surface area (Å²) in [5.74, 6) is -0.618. The van der Waals surface area contributed by atoms with Gasteiger partial charge in [0.25, 0.3) is 0 Å². The molecule has 0 aromatic heterocycles. The number of aryl methyl sites for hydroxylation is 1. The number of hydrogen-bond donors (Lipinski definition) is 1. The molecule has 6 heteroatoms. The number of fused-ring (bicyclic) bond motifs is 1. The van der Waals surface area contributed by atoms with Gasteiger partial charge in [0.1, 0.15) is 0 Å². The van der Waals surface area contributed by atoms with Crippen LogP contribution in [0.1, 0.15) is 28.4 Å². The Morgan fingerprint density at radius 2 is 1.75 bits per heavy atom. The van der Waals surface area contributed by atoms with Gasteiger partial charge in [-0.05, 0) is 35.4 Å². The van der Waals surface area contributed by atoms with Crippen LogP contribution in [0, 0.1) is 6.92 Å². The molecule has 1 heterocycles. The minimum absolute atomic E-state index is 0.0262. The molecular weight excluding hydrogens is 367 g/mol. The fourth-order valence-electron chi connectivity index (χ4n) is 3.54. The molecule has 0 spiro atoms. The number of ketones is 1. The van der Waals surface area contributed by atoms with Crippen LogP contribution < -0.4 is 5.73 Å². The summed E-state index contributed by atoms with van der Waals surface area (Å²) in [4.78, 5) is 13.1. The number of Topliss-reactive ketones (excluding diaryl/α,β-unsaturated/α-hetero) is 1. The van der Waals surface area contributed by atoms with Gasteiger partial charge >= 0.3 is 6.18 Å². The molecule has 142 valence electrons. The van der Waals surface area contributed by atoms with Crippen LogP contribution in [0.4, 0.5) is 13.2 Å². The first-order chi connectivity index (χ1) is 13.3. The van der Waals surface area contributed by atoms with E-state index in [4.69, 9.17) is 10.5 Å². The molecule has 0 fully saturated rings. The van der Waals surface area contributed by atoms with E-state index < -0.39 is 23.6 Å². The van der Waals surface area contributed by atoms with E-state index in [9.17, 15) is 18.0 Å². The van der Waals surface area contributed by atoms with Crippen molar-refractivity contribution in [3.63, 3.8) is 0 Å². The average Bonchev–Trinajstić information content (AvgIpc) is 2.94. The second-order valence-corrected chi connectivity index (χ2v) is 6.76. The molecule has 0 amide bonds. The summed E-state index contributed by atoms with van der Waals surface area (Å²) in [7, 11) is 0. The van der Waals surface area contributed by atoms with Crippen molar-refractivity contribution in [1.82, 2.24) is 0 Å². The first kappa shape index (κ1) is 18.1. The zero-order valence-corrected chi connectivity index (χ0v) is 14.9. The molecule has 1 atom stereocenters. The Labute approximate surface area is 159 Å². The van der Waals surface area contributed by atoms with E-state index in [0.29, 0.717) is 5.56 Å². The Hall–Kier alpha value is -3.28. The van der Waals surface area contributed by atoms with E-state index in [2.05, 4.69) is 0 Å². The lowest BCUT2D eigenvalue weighted by Crippen LogP contribution is -2.11. The zero-order valence-electron chi connectivity index (χ0n) is 14.9. The van der Waals surface area contributed by atoms with Gasteiger partial charge < -0.3 is 10.5 Å². The summed E-state index contributed by atoms with van der Waals surface area (Å²) < 4.78 is 44.8. The molecule has 1 aliphatic heterocycles. The molecule has 0 saturated carbocycles. The van der Waals surface area contributed by atoms with E-state index in [1.165, 1.54) is 12.1 Å². The molecule has 0 radical (unpaired) electrons. The Morgan fingerprint density at radius 1 is 1.00 bits per heavy atom. The van der Waals surface area contributed by atoms with E-state index in [1.807, 2.05) is 43.3 Å². The van der Waals surface area contributed by atoms with Crippen LogP contribution in [0.2, 0.25) is 0 Å². The highest BCUT2D eigenvalue weighted by Crippen LogP contribution is 2.40. The number of carbonyl (C=O) groups is 1. The Kier molecular flexibility index (Phi) is 4.14. The lowest BCUT2D eigenvalue weighted by atomic mass is 9.92. The molecule has 0 aliphatic carbocycles. The van der Waals surface area contributed by atoms with Crippen LogP contribution in [-0.4, -0.2) is 5.78 Å². The maximum atomic E-state index is 13.1. The smallest absolute Gasteiger partial charge is 0.416 e. The molecular formula is C22H16F3NO2. The third kappa shape index (κ3) is 3.01. The highest BCUT2D eigenvalue weighted by Gasteiger charge is 2.38. The number of carbonyl (C=O) groups excluding carboxylic acids is 1. The topological polar surface area (TPSA) is 52.3 Å². The van der Waals surface area contributed by atoms with E-state index >= 15 is 0 Å². The fourth-order valence-corrected chi connectivity index (χ4v) is 3.54. The van der Waals surface area contributed by atoms with Crippen molar-refractivity contribution in [1.29, 1.82) is 0 Å². The van der Waals surface area contributed by atoms with Crippen LogP contribution in [0.5, 0.6) is 0 Å². The first-order valence-electron chi connectivity index (χ1n) is 8.63. The number of benzene rings is 3. The van der Waals surface area contributed by atoms with Gasteiger partial charge in [0.15, 0.2) is 12.0 Å². The van der Waals surface area contributed by atoms with Crippen molar-refractivity contribution < 1.29 is 22.7 Å². The van der Waals surface area contributed by atoms with E-state index in [-0.39, 0.29) is 17.0 Å². The molecule has 1 aliphatic rings. The molecule has 28 heavy (non-hydrogen) atoms. The summed E-state index contributed by atoms with van der Waals surface area (Å²) in [6.07, 6.45) is -5.51. The molecule has 2 N–H and O–H groups in total. The van der Waals surface area contributed by atoms with Gasteiger partial charge in [-0.15, -0.1) is 0 Å². The predicted molar refractivity (Wildman–Crippen MR) is 100 cm³/mol. The normalized spacial score (nSPS) is 17.3. The van der Waals surface area contributed by atoms with Gasteiger partial charge in [0.05, 0.1) is 11.1 Å². The summed E-state index contributed by atoms with van der Waals surface area (Å²) >= 11 is 0. The minimum atomic E-state index is -4.51. The van der Waals surface area contributed by atoms with E-state index in [1.54, 1.807) is 0 Å². The number of ether oxygens (including phenoxy) is 1. The summed E-state index contributed by atoms with van der Waals surface area (Å²) in [5.41, 5.74) is 6.73. The van der Waals surface area contributed by atoms with Gasteiger partial charge in [-0.25, -0.2) is 0 Å². The standard InChI is InChI=1S/C22H16F3NO2/c1-12-9-13-5-2-3-8-16(13)17(10-12)20-19(27)18(21(26)28-20)14-6-4-7-15(11-14)22(23,24)25/h2-11,20H,26H2,1H3. The highest BCUT2D eigenvalue weighted by molar-refractivity contribution is 6.25. The van der Waals surface area contributed by atoms with Crippen molar-refractivity contribution in [2.24, 2.45) is 5.73 Å². The number of alkyl halides is 3. The Bertz CT molecular complexity index is 1130. The SMILES string of the molecule is Cc1cc(C2OC(N)=C(c3cccc(C(F)(F)F)c3)C2=O)c2ccccc2c1. The second kappa shape index (κ2) is 6.41. The van der Waals surface area contributed by atoms with Gasteiger partial charge in [-0.2, -0.15) is 13.2 Å². The number of hydrogen-bond acceptors (Lipinski definition) is 3. The molecule has 0 saturated heterocycles. The van der Waals surface area contributed by atoms with Crippen molar-refractivity contribution in [3.05, 3.63) is 88.8 Å². The number of rotatable bonds is 2. The molecule has 3 aromatic carbocycles. The second-order valence-electron chi connectivity index (χ2n) is 6.76. The van der Waals surface area contributed by atoms with Gasteiger partial charge in [0, 0.05) is 5.56 Å². The first-order valence-corrected chi connectivity index (χ1v) is 8.63. The maximum absolute atomic E-state index is 13.1. The zero-order chi connectivity index (χ0) is 20.1. The summed E-state index contributed by atoms with van der Waals surface area (Å²) in [6.45, 7) is 1.90. The largest absolute Gasteiger partial charge is 0.462 e. The Morgan fingerprint density at radius 3 is 2.50 bits per heavy atom. The third-order valence-corrected chi connectivity index (χ3v) is 4.77. The monoisotopic (exact) mass is 383 g/mol. The van der Waals surface area contributed by atoms with Gasteiger partial charge in [0.2, 0.25) is 5.78 Å². The van der Waals surface area contributed by atoms with Crippen molar-refractivity contribution >= 4 is 22.1 Å². The predicted octanol–water partition coefficient (Wildman–Crippen LogP) is 5.13. The molecule has 1 unspecified atom stereocenters. The summed E-state index contributed by atoms with van der Waals surface area (Å²) in [5, 5.41) is 1.78. The number of halogens is 3. The maximum Gasteiger partial charge on any atom is 0.416 e. The van der Waals surface area contributed by atoms with Crippen LogP contribution in [0.25, 0.3) is 16.3 Å². The Balaban J connectivity index is 1.78. The number of nitrogens with two attached hydrogens (primary N) is 1. The molecule has 3 nitrogen and oxygen atoms in total. The van der Waals surface area contributed by atoms with Crippen molar-refractivity contribution in [2.45, 2.75) is 19.2 Å². The van der Waals surface area contributed by atoms with Gasteiger partial charge in [-0.3, -0.25) is 4.79 Å². The molecule has 4 rings (SSSR count).